The van der Waals surface area contributed by atoms with Crippen LogP contribution >= 0.6 is 0 Å². The van der Waals surface area contributed by atoms with Gasteiger partial charge in [0.2, 0.25) is 0 Å². The Morgan fingerprint density at radius 2 is 1.66 bits per heavy atom. The van der Waals surface area contributed by atoms with Gasteiger partial charge in [0.1, 0.15) is 0 Å². The van der Waals surface area contributed by atoms with Crippen LogP contribution in [0.3, 0.4) is 0 Å². The van der Waals surface area contributed by atoms with E-state index in [0.29, 0.717) is 5.69 Å². The minimum atomic E-state index is -3.07. The van der Waals surface area contributed by atoms with E-state index in [1.54, 1.807) is 6.07 Å². The quantitative estimate of drug-likeness (QED) is 0.521. The average Bonchev–Trinajstić information content (AvgIpc) is 3.19. The number of rotatable bonds is 8. The van der Waals surface area contributed by atoms with Crippen molar-refractivity contribution in [2.24, 2.45) is 7.05 Å². The maximum absolute atomic E-state index is 11.6. The van der Waals surface area contributed by atoms with Crippen molar-refractivity contribution in [1.82, 2.24) is 24.6 Å². The molecule has 1 aromatic carbocycles. The number of nitrogens with zero attached hydrogens (tertiary/aromatic N) is 5. The molecule has 3 aromatic rings. The van der Waals surface area contributed by atoms with Gasteiger partial charge < -0.3 is 4.90 Å². The van der Waals surface area contributed by atoms with Gasteiger partial charge in [-0.2, -0.15) is 5.10 Å². The Morgan fingerprint density at radius 3 is 2.31 bits per heavy atom. The molecule has 1 fully saturated rings. The fourth-order valence-corrected chi connectivity index (χ4v) is 5.09. The maximum atomic E-state index is 11.6. The molecule has 0 amide bonds. The second-order valence-corrected chi connectivity index (χ2v) is 10.7. The van der Waals surface area contributed by atoms with E-state index < -0.39 is 9.84 Å². The van der Waals surface area contributed by atoms with Crippen LogP contribution in [0.15, 0.2) is 60.8 Å². The second kappa shape index (κ2) is 9.94. The second-order valence-electron chi connectivity index (χ2n) is 8.51. The molecule has 0 radical (unpaired) electrons. The number of pyridine rings is 1. The van der Waals surface area contributed by atoms with Crippen LogP contribution < -0.4 is 0 Å². The highest BCUT2D eigenvalue weighted by atomic mass is 32.2. The molecule has 1 unspecified atom stereocenters. The van der Waals surface area contributed by atoms with Gasteiger partial charge in [-0.25, -0.2) is 8.42 Å². The molecular weight excluding hydrogens is 422 g/mol. The summed E-state index contributed by atoms with van der Waals surface area (Å²) < 4.78 is 25.1. The number of benzene rings is 1. The summed E-state index contributed by atoms with van der Waals surface area (Å²) >= 11 is 0. The van der Waals surface area contributed by atoms with Crippen LogP contribution in [0.1, 0.15) is 28.7 Å². The van der Waals surface area contributed by atoms with Gasteiger partial charge in [0.15, 0.2) is 9.84 Å². The number of sulfone groups is 1. The summed E-state index contributed by atoms with van der Waals surface area (Å²) in [6.07, 6.45) is 3.93. The number of hydrogen-bond donors (Lipinski definition) is 0. The highest BCUT2D eigenvalue weighted by Gasteiger charge is 2.28. The Hall–Kier alpha value is -2.55. The van der Waals surface area contributed by atoms with Gasteiger partial charge in [-0.3, -0.25) is 14.6 Å². The van der Waals surface area contributed by atoms with Gasteiger partial charge in [-0.1, -0.05) is 36.4 Å². The molecule has 0 N–H and O–H groups in total. The Labute approximate surface area is 190 Å². The third-order valence-corrected chi connectivity index (χ3v) is 6.81. The molecule has 32 heavy (non-hydrogen) atoms. The molecule has 1 atom stereocenters. The van der Waals surface area contributed by atoms with Crippen molar-refractivity contribution in [1.29, 1.82) is 0 Å². The molecular formula is C24H31N5O2S. The van der Waals surface area contributed by atoms with Crippen LogP contribution in [-0.4, -0.2) is 72.0 Å². The molecule has 0 saturated carbocycles. The lowest BCUT2D eigenvalue weighted by Gasteiger charge is -2.39. The van der Waals surface area contributed by atoms with Crippen molar-refractivity contribution < 1.29 is 8.42 Å². The molecule has 1 aliphatic rings. The van der Waals surface area contributed by atoms with E-state index in [1.165, 1.54) is 17.5 Å². The number of piperazine rings is 1. The molecule has 4 rings (SSSR count). The highest BCUT2D eigenvalue weighted by Crippen LogP contribution is 2.29. The Balaban J connectivity index is 1.37. The molecule has 8 heteroatoms. The highest BCUT2D eigenvalue weighted by molar-refractivity contribution is 7.89. The topological polar surface area (TPSA) is 71.3 Å². The third-order valence-electron chi connectivity index (χ3n) is 5.99. The zero-order valence-corrected chi connectivity index (χ0v) is 19.6. The molecule has 0 aliphatic carbocycles. The Kier molecular flexibility index (Phi) is 7.03. The lowest BCUT2D eigenvalue weighted by atomic mass is 10.0. The van der Waals surface area contributed by atoms with Crippen molar-refractivity contribution >= 4 is 9.84 Å². The zero-order chi connectivity index (χ0) is 22.6. The SMILES string of the molecule is Cn1nccc1C(c1ccccc1)N1CCN(CCc2cccc(CS(C)(=O)=O)n2)CC1. The van der Waals surface area contributed by atoms with Crippen LogP contribution in [0.2, 0.25) is 0 Å². The van der Waals surface area contributed by atoms with E-state index in [9.17, 15) is 8.42 Å². The Morgan fingerprint density at radius 1 is 0.938 bits per heavy atom. The predicted molar refractivity (Wildman–Crippen MR) is 126 cm³/mol. The summed E-state index contributed by atoms with van der Waals surface area (Å²) in [5, 5.41) is 4.40. The normalized spacial score (nSPS) is 16.8. The van der Waals surface area contributed by atoms with Crippen molar-refractivity contribution in [2.45, 2.75) is 18.2 Å². The number of aryl methyl sites for hydroxylation is 1. The summed E-state index contributed by atoms with van der Waals surface area (Å²) in [4.78, 5) is 9.54. The summed E-state index contributed by atoms with van der Waals surface area (Å²) in [5.41, 5.74) is 4.07. The maximum Gasteiger partial charge on any atom is 0.153 e. The molecule has 3 heterocycles. The average molecular weight is 454 g/mol. The van der Waals surface area contributed by atoms with Crippen molar-refractivity contribution in [3.05, 3.63) is 83.4 Å². The number of aromatic nitrogens is 3. The predicted octanol–water partition coefficient (Wildman–Crippen LogP) is 2.31. The molecule has 0 bridgehead atoms. The van der Waals surface area contributed by atoms with E-state index in [4.69, 9.17) is 0 Å². The first-order chi connectivity index (χ1) is 15.4. The minimum Gasteiger partial charge on any atom is -0.300 e. The standard InChI is InChI=1S/C24H31N5O2S/c1-27-23(11-13-25-27)24(20-7-4-3-5-8-20)29-17-15-28(16-18-29)14-12-21-9-6-10-22(26-21)19-32(2,30)31/h3-11,13,24H,12,14-19H2,1-2H3. The van der Waals surface area contributed by atoms with Crippen LogP contribution in [-0.2, 0) is 29.1 Å². The molecule has 0 spiro atoms. The van der Waals surface area contributed by atoms with Crippen LogP contribution in [0.5, 0.6) is 0 Å². The van der Waals surface area contributed by atoms with Crippen molar-refractivity contribution in [2.75, 3.05) is 39.0 Å². The van der Waals surface area contributed by atoms with Gasteiger partial charge in [-0.15, -0.1) is 0 Å². The van der Waals surface area contributed by atoms with E-state index in [1.807, 2.05) is 30.1 Å². The minimum absolute atomic E-state index is 0.00556. The molecule has 170 valence electrons. The van der Waals surface area contributed by atoms with E-state index >= 15 is 0 Å². The first-order valence-electron chi connectivity index (χ1n) is 11.0. The zero-order valence-electron chi connectivity index (χ0n) is 18.8. The molecule has 2 aromatic heterocycles. The number of hydrogen-bond acceptors (Lipinski definition) is 6. The van der Waals surface area contributed by atoms with E-state index in [2.05, 4.69) is 56.3 Å². The summed E-state index contributed by atoms with van der Waals surface area (Å²) in [6.45, 7) is 4.86. The van der Waals surface area contributed by atoms with Gasteiger partial charge in [0.05, 0.1) is 23.2 Å². The smallest absolute Gasteiger partial charge is 0.153 e. The van der Waals surface area contributed by atoms with Crippen LogP contribution in [0.4, 0.5) is 0 Å². The first kappa shape index (κ1) is 22.6. The molecule has 1 aliphatic heterocycles. The summed E-state index contributed by atoms with van der Waals surface area (Å²) in [5.74, 6) is -0.00556. The van der Waals surface area contributed by atoms with Crippen molar-refractivity contribution in [3.63, 3.8) is 0 Å². The van der Waals surface area contributed by atoms with Gasteiger partial charge in [-0.05, 0) is 23.8 Å². The third kappa shape index (κ3) is 5.82. The van der Waals surface area contributed by atoms with Gasteiger partial charge >= 0.3 is 0 Å². The molecule has 1 saturated heterocycles. The largest absolute Gasteiger partial charge is 0.300 e. The van der Waals surface area contributed by atoms with Gasteiger partial charge in [0, 0.05) is 64.3 Å². The van der Waals surface area contributed by atoms with E-state index in [-0.39, 0.29) is 11.8 Å². The van der Waals surface area contributed by atoms with Crippen molar-refractivity contribution in [3.8, 4) is 0 Å². The Bertz CT molecular complexity index is 1120. The van der Waals surface area contributed by atoms with E-state index in [0.717, 1.165) is 44.8 Å². The monoisotopic (exact) mass is 453 g/mol. The van der Waals surface area contributed by atoms with Crippen LogP contribution in [0, 0.1) is 0 Å². The first-order valence-corrected chi connectivity index (χ1v) is 13.1. The summed E-state index contributed by atoms with van der Waals surface area (Å²) in [6, 6.07) is 18.6. The summed E-state index contributed by atoms with van der Waals surface area (Å²) in [7, 11) is -1.07. The lowest BCUT2D eigenvalue weighted by Crippen LogP contribution is -2.48. The van der Waals surface area contributed by atoms with Crippen LogP contribution in [0.25, 0.3) is 0 Å². The fourth-order valence-electron chi connectivity index (χ4n) is 4.39. The molecule has 7 nitrogen and oxygen atoms in total. The fraction of sp³-hybridized carbons (Fsp3) is 0.417. The van der Waals surface area contributed by atoms with Gasteiger partial charge in [0.25, 0.3) is 0 Å². The lowest BCUT2D eigenvalue weighted by molar-refractivity contribution is 0.107.